The molecule has 0 aliphatic rings. The molecule has 1 unspecified atom stereocenters. The summed E-state index contributed by atoms with van der Waals surface area (Å²) in [5.41, 5.74) is 0. The molecular weight excluding hydrogens is 222 g/mol. The van der Waals surface area contributed by atoms with Crippen LogP contribution >= 0.6 is 0 Å². The molecule has 0 spiro atoms. The van der Waals surface area contributed by atoms with Crippen LogP contribution in [0, 0.1) is 0 Å². The summed E-state index contributed by atoms with van der Waals surface area (Å²) in [6.45, 7) is 7.20. The standard InChI is InChI=1S/C12H27NO4/c1-12(11-13-5-4-6-14-2)17-10-9-16-8-7-15-3/h12-13H,4-11H2,1-3H3. The van der Waals surface area contributed by atoms with Crippen LogP contribution in [0.15, 0.2) is 0 Å². The van der Waals surface area contributed by atoms with E-state index in [-0.39, 0.29) is 6.10 Å². The van der Waals surface area contributed by atoms with Gasteiger partial charge in [0.15, 0.2) is 0 Å². The van der Waals surface area contributed by atoms with Gasteiger partial charge >= 0.3 is 0 Å². The fraction of sp³-hybridized carbons (Fsp3) is 1.00. The molecule has 0 saturated carbocycles. The van der Waals surface area contributed by atoms with Gasteiger partial charge in [0, 0.05) is 27.4 Å². The minimum absolute atomic E-state index is 0.212. The van der Waals surface area contributed by atoms with Crippen LogP contribution in [0.2, 0.25) is 0 Å². The maximum absolute atomic E-state index is 5.57. The van der Waals surface area contributed by atoms with Gasteiger partial charge in [0.1, 0.15) is 0 Å². The fourth-order valence-electron chi connectivity index (χ4n) is 1.26. The van der Waals surface area contributed by atoms with Crippen molar-refractivity contribution in [2.24, 2.45) is 0 Å². The van der Waals surface area contributed by atoms with Crippen LogP contribution < -0.4 is 5.32 Å². The summed E-state index contributed by atoms with van der Waals surface area (Å²) in [5.74, 6) is 0. The van der Waals surface area contributed by atoms with Crippen molar-refractivity contribution in [3.05, 3.63) is 0 Å². The lowest BCUT2D eigenvalue weighted by Gasteiger charge is -2.14. The summed E-state index contributed by atoms with van der Waals surface area (Å²) in [7, 11) is 3.38. The third-order valence-corrected chi connectivity index (χ3v) is 2.20. The van der Waals surface area contributed by atoms with Gasteiger partial charge in [-0.25, -0.2) is 0 Å². The summed E-state index contributed by atoms with van der Waals surface area (Å²) >= 11 is 0. The highest BCUT2D eigenvalue weighted by molar-refractivity contribution is 4.55. The largest absolute Gasteiger partial charge is 0.385 e. The van der Waals surface area contributed by atoms with Gasteiger partial charge in [0.2, 0.25) is 0 Å². The van der Waals surface area contributed by atoms with E-state index in [0.29, 0.717) is 26.4 Å². The normalized spacial score (nSPS) is 12.9. The van der Waals surface area contributed by atoms with Gasteiger partial charge in [-0.1, -0.05) is 0 Å². The molecule has 0 fully saturated rings. The SMILES string of the molecule is COCCCNCC(C)OCCOCCOC. The summed E-state index contributed by atoms with van der Waals surface area (Å²) in [4.78, 5) is 0. The van der Waals surface area contributed by atoms with E-state index in [0.717, 1.165) is 26.1 Å². The lowest BCUT2D eigenvalue weighted by molar-refractivity contribution is 0.0000411. The van der Waals surface area contributed by atoms with Crippen LogP contribution in [0.3, 0.4) is 0 Å². The van der Waals surface area contributed by atoms with Crippen LogP contribution in [0.25, 0.3) is 0 Å². The summed E-state index contributed by atoms with van der Waals surface area (Å²) < 4.78 is 20.7. The first-order valence-corrected chi connectivity index (χ1v) is 6.19. The van der Waals surface area contributed by atoms with Crippen molar-refractivity contribution < 1.29 is 18.9 Å². The molecule has 0 heterocycles. The first-order valence-electron chi connectivity index (χ1n) is 6.19. The molecule has 0 saturated heterocycles. The molecule has 0 aliphatic carbocycles. The Hall–Kier alpha value is -0.200. The van der Waals surface area contributed by atoms with Gasteiger partial charge in [-0.05, 0) is 19.9 Å². The van der Waals surface area contributed by atoms with Crippen molar-refractivity contribution in [1.82, 2.24) is 5.32 Å². The Morgan fingerprint density at radius 2 is 1.65 bits per heavy atom. The Bertz CT molecular complexity index is 146. The van der Waals surface area contributed by atoms with Gasteiger partial charge < -0.3 is 24.3 Å². The molecule has 0 aromatic rings. The Balaban J connectivity index is 3.09. The number of hydrogen-bond acceptors (Lipinski definition) is 5. The molecule has 0 amide bonds. The van der Waals surface area contributed by atoms with Crippen LogP contribution in [-0.4, -0.2) is 66.4 Å². The minimum Gasteiger partial charge on any atom is -0.385 e. The summed E-state index contributed by atoms with van der Waals surface area (Å²) in [6, 6.07) is 0. The molecule has 17 heavy (non-hydrogen) atoms. The average molecular weight is 249 g/mol. The number of hydrogen-bond donors (Lipinski definition) is 1. The second-order valence-electron chi connectivity index (χ2n) is 3.84. The van der Waals surface area contributed by atoms with E-state index in [1.165, 1.54) is 0 Å². The predicted octanol–water partition coefficient (Wildman–Crippen LogP) is 0.681. The molecular formula is C12H27NO4. The topological polar surface area (TPSA) is 49.0 Å². The van der Waals surface area contributed by atoms with E-state index < -0.39 is 0 Å². The first-order chi connectivity index (χ1) is 8.31. The van der Waals surface area contributed by atoms with E-state index in [2.05, 4.69) is 12.2 Å². The lowest BCUT2D eigenvalue weighted by atomic mass is 10.3. The second-order valence-corrected chi connectivity index (χ2v) is 3.84. The zero-order valence-corrected chi connectivity index (χ0v) is 11.4. The van der Waals surface area contributed by atoms with Gasteiger partial charge in [-0.3, -0.25) is 0 Å². The van der Waals surface area contributed by atoms with Crippen molar-refractivity contribution in [1.29, 1.82) is 0 Å². The molecule has 0 aromatic heterocycles. The molecule has 104 valence electrons. The number of methoxy groups -OCH3 is 2. The predicted molar refractivity (Wildman–Crippen MR) is 67.5 cm³/mol. The maximum atomic E-state index is 5.57. The van der Waals surface area contributed by atoms with Crippen molar-refractivity contribution in [2.75, 3.05) is 60.3 Å². The smallest absolute Gasteiger partial charge is 0.0704 e. The molecule has 0 aromatic carbocycles. The molecule has 1 N–H and O–H groups in total. The van der Waals surface area contributed by atoms with Crippen molar-refractivity contribution in [3.63, 3.8) is 0 Å². The molecule has 0 rings (SSSR count). The Labute approximate surface area is 105 Å². The third kappa shape index (κ3) is 13.7. The Morgan fingerprint density at radius 1 is 0.941 bits per heavy atom. The third-order valence-electron chi connectivity index (χ3n) is 2.20. The number of ether oxygens (including phenoxy) is 4. The van der Waals surface area contributed by atoms with Gasteiger partial charge in [-0.2, -0.15) is 0 Å². The molecule has 0 aliphatic heterocycles. The van der Waals surface area contributed by atoms with E-state index in [1.54, 1.807) is 14.2 Å². The minimum atomic E-state index is 0.212. The highest BCUT2D eigenvalue weighted by atomic mass is 16.5. The van der Waals surface area contributed by atoms with E-state index in [9.17, 15) is 0 Å². The summed E-state index contributed by atoms with van der Waals surface area (Å²) in [6.07, 6.45) is 1.24. The number of rotatable bonds is 13. The summed E-state index contributed by atoms with van der Waals surface area (Å²) in [5, 5.41) is 3.32. The highest BCUT2D eigenvalue weighted by Crippen LogP contribution is 1.89. The van der Waals surface area contributed by atoms with Crippen LogP contribution in [0.5, 0.6) is 0 Å². The molecule has 0 bridgehead atoms. The zero-order valence-electron chi connectivity index (χ0n) is 11.4. The van der Waals surface area contributed by atoms with Gasteiger partial charge in [-0.15, -0.1) is 0 Å². The maximum Gasteiger partial charge on any atom is 0.0704 e. The van der Waals surface area contributed by atoms with Crippen LogP contribution in [0.1, 0.15) is 13.3 Å². The van der Waals surface area contributed by atoms with Crippen molar-refractivity contribution in [2.45, 2.75) is 19.4 Å². The molecule has 5 heteroatoms. The monoisotopic (exact) mass is 249 g/mol. The van der Waals surface area contributed by atoms with Crippen LogP contribution in [-0.2, 0) is 18.9 Å². The molecule has 5 nitrogen and oxygen atoms in total. The van der Waals surface area contributed by atoms with Crippen LogP contribution in [0.4, 0.5) is 0 Å². The lowest BCUT2D eigenvalue weighted by Crippen LogP contribution is -2.29. The second kappa shape index (κ2) is 13.9. The fourth-order valence-corrected chi connectivity index (χ4v) is 1.26. The first kappa shape index (κ1) is 16.8. The molecule has 1 atom stereocenters. The quantitative estimate of drug-likeness (QED) is 0.486. The highest BCUT2D eigenvalue weighted by Gasteiger charge is 2.00. The molecule has 0 radical (unpaired) electrons. The average Bonchev–Trinajstić information content (AvgIpc) is 2.33. The Morgan fingerprint density at radius 3 is 2.35 bits per heavy atom. The van der Waals surface area contributed by atoms with Gasteiger partial charge in [0.05, 0.1) is 32.5 Å². The van der Waals surface area contributed by atoms with E-state index in [1.807, 2.05) is 0 Å². The van der Waals surface area contributed by atoms with Crippen molar-refractivity contribution >= 4 is 0 Å². The van der Waals surface area contributed by atoms with Crippen molar-refractivity contribution in [3.8, 4) is 0 Å². The van der Waals surface area contributed by atoms with E-state index >= 15 is 0 Å². The zero-order chi connectivity index (χ0) is 12.8. The van der Waals surface area contributed by atoms with Gasteiger partial charge in [0.25, 0.3) is 0 Å². The number of nitrogens with one attached hydrogen (secondary N) is 1. The van der Waals surface area contributed by atoms with E-state index in [4.69, 9.17) is 18.9 Å². The Kier molecular flexibility index (Phi) is 13.7.